The highest BCUT2D eigenvalue weighted by Gasteiger charge is 2.20. The number of aliphatic hydroxyl groups excluding tert-OH is 1. The first-order chi connectivity index (χ1) is 9.99. The Kier molecular flexibility index (Phi) is 4.96. The predicted molar refractivity (Wildman–Crippen MR) is 79.3 cm³/mol. The van der Waals surface area contributed by atoms with Gasteiger partial charge in [0.1, 0.15) is 5.82 Å². The molecule has 1 aliphatic carbocycles. The zero-order chi connectivity index (χ0) is 15.4. The van der Waals surface area contributed by atoms with Crippen LogP contribution in [0.25, 0.3) is 0 Å². The van der Waals surface area contributed by atoms with Crippen LogP contribution >= 0.6 is 0 Å². The number of rotatable bonds is 4. The van der Waals surface area contributed by atoms with Crippen LogP contribution in [0.2, 0.25) is 0 Å². The number of amides is 2. The number of carbonyl (C=O) groups is 1. The van der Waals surface area contributed by atoms with E-state index >= 15 is 0 Å². The lowest BCUT2D eigenvalue weighted by Crippen LogP contribution is -2.41. The van der Waals surface area contributed by atoms with Crippen LogP contribution < -0.4 is 10.6 Å². The zero-order valence-electron chi connectivity index (χ0n) is 12.3. The van der Waals surface area contributed by atoms with E-state index in [9.17, 15) is 9.18 Å². The summed E-state index contributed by atoms with van der Waals surface area (Å²) in [5.74, 6) is -0.162. The van der Waals surface area contributed by atoms with E-state index in [1.807, 2.05) is 19.1 Å². The molecular formula is C16H21FN2O2. The molecule has 3 N–H and O–H groups in total. The number of nitrogens with one attached hydrogen (secondary N) is 2. The van der Waals surface area contributed by atoms with Gasteiger partial charge >= 0.3 is 6.03 Å². The minimum atomic E-state index is -0.295. The number of urea groups is 1. The lowest BCUT2D eigenvalue weighted by atomic mass is 10.1. The van der Waals surface area contributed by atoms with Crippen LogP contribution in [0.4, 0.5) is 9.18 Å². The molecule has 0 fully saturated rings. The first-order valence-electron chi connectivity index (χ1n) is 7.12. The Hall–Kier alpha value is -1.88. The molecule has 0 aromatic heterocycles. The van der Waals surface area contributed by atoms with Crippen molar-refractivity contribution in [3.05, 3.63) is 47.3 Å². The highest BCUT2D eigenvalue weighted by Crippen LogP contribution is 2.18. The highest BCUT2D eigenvalue weighted by atomic mass is 19.1. The monoisotopic (exact) mass is 292 g/mol. The smallest absolute Gasteiger partial charge is 0.315 e. The van der Waals surface area contributed by atoms with Gasteiger partial charge in [-0.3, -0.25) is 0 Å². The molecule has 114 valence electrons. The van der Waals surface area contributed by atoms with Crippen molar-refractivity contribution in [1.82, 2.24) is 10.6 Å². The second-order valence-electron chi connectivity index (χ2n) is 5.52. The first-order valence-corrected chi connectivity index (χ1v) is 7.12. The summed E-state index contributed by atoms with van der Waals surface area (Å²) in [7, 11) is 0. The fourth-order valence-corrected chi connectivity index (χ4v) is 2.39. The average molecular weight is 292 g/mol. The summed E-state index contributed by atoms with van der Waals surface area (Å²) in [6.07, 6.45) is 4.50. The van der Waals surface area contributed by atoms with E-state index in [4.69, 9.17) is 5.11 Å². The lowest BCUT2D eigenvalue weighted by molar-refractivity contribution is 0.229. The molecule has 0 heterocycles. The van der Waals surface area contributed by atoms with Crippen LogP contribution in [-0.2, 0) is 0 Å². The van der Waals surface area contributed by atoms with Crippen molar-refractivity contribution < 1.29 is 14.3 Å². The van der Waals surface area contributed by atoms with Gasteiger partial charge in [-0.1, -0.05) is 24.3 Å². The van der Waals surface area contributed by atoms with Gasteiger partial charge in [0.05, 0.1) is 6.04 Å². The number of benzene rings is 1. The number of aliphatic hydroxyl groups is 1. The van der Waals surface area contributed by atoms with Crippen LogP contribution in [0.3, 0.4) is 0 Å². The molecule has 1 aromatic carbocycles. The van der Waals surface area contributed by atoms with Gasteiger partial charge in [0, 0.05) is 18.6 Å². The van der Waals surface area contributed by atoms with Crippen LogP contribution in [0.1, 0.15) is 30.5 Å². The molecule has 0 spiro atoms. The number of halogens is 1. The van der Waals surface area contributed by atoms with E-state index in [1.165, 1.54) is 6.07 Å². The summed E-state index contributed by atoms with van der Waals surface area (Å²) in [6.45, 7) is 3.61. The van der Waals surface area contributed by atoms with Crippen molar-refractivity contribution in [3.63, 3.8) is 0 Å². The minimum Gasteiger partial charge on any atom is -0.396 e. The third kappa shape index (κ3) is 4.04. The van der Waals surface area contributed by atoms with Crippen molar-refractivity contribution in [2.24, 2.45) is 5.92 Å². The van der Waals surface area contributed by atoms with Gasteiger partial charge in [0.2, 0.25) is 0 Å². The topological polar surface area (TPSA) is 61.4 Å². The second-order valence-corrected chi connectivity index (χ2v) is 5.52. The molecule has 21 heavy (non-hydrogen) atoms. The maximum absolute atomic E-state index is 13.5. The maximum Gasteiger partial charge on any atom is 0.315 e. The number of hydrogen-bond donors (Lipinski definition) is 3. The van der Waals surface area contributed by atoms with E-state index in [1.54, 1.807) is 19.1 Å². The first kappa shape index (κ1) is 15.5. The Labute approximate surface area is 124 Å². The van der Waals surface area contributed by atoms with Crippen molar-refractivity contribution in [2.45, 2.75) is 32.4 Å². The van der Waals surface area contributed by atoms with Gasteiger partial charge < -0.3 is 15.7 Å². The summed E-state index contributed by atoms with van der Waals surface area (Å²) in [5.41, 5.74) is 1.31. The fourth-order valence-electron chi connectivity index (χ4n) is 2.39. The van der Waals surface area contributed by atoms with Crippen molar-refractivity contribution in [1.29, 1.82) is 0 Å². The molecule has 5 heteroatoms. The van der Waals surface area contributed by atoms with E-state index < -0.39 is 0 Å². The molecule has 4 nitrogen and oxygen atoms in total. The lowest BCUT2D eigenvalue weighted by Gasteiger charge is -2.18. The molecule has 0 bridgehead atoms. The third-order valence-electron chi connectivity index (χ3n) is 3.77. The summed E-state index contributed by atoms with van der Waals surface area (Å²) in [6, 6.07) is 4.31. The van der Waals surface area contributed by atoms with Crippen LogP contribution in [-0.4, -0.2) is 23.8 Å². The number of aryl methyl sites for hydroxylation is 1. The highest BCUT2D eigenvalue weighted by molar-refractivity contribution is 5.75. The predicted octanol–water partition coefficient (Wildman–Crippen LogP) is 2.43. The standard InChI is InChI=1S/C16H21FN2O2/c1-10-3-5-13(8-15(10)17)11(2)18-16(21)19-14-6-4-12(7-14)9-20/h3-6,8,11-12,14,20H,7,9H2,1-2H3,(H2,18,19,21)/t11?,12-,14+/m0/s1. The normalized spacial score (nSPS) is 22.1. The Morgan fingerprint density at radius 2 is 2.24 bits per heavy atom. The molecule has 0 saturated heterocycles. The van der Waals surface area contributed by atoms with Crippen molar-refractivity contribution in [2.75, 3.05) is 6.61 Å². The quantitative estimate of drug-likeness (QED) is 0.746. The molecule has 0 aliphatic heterocycles. The molecule has 0 radical (unpaired) electrons. The van der Waals surface area contributed by atoms with Crippen molar-refractivity contribution in [3.8, 4) is 0 Å². The van der Waals surface area contributed by atoms with E-state index in [2.05, 4.69) is 10.6 Å². The van der Waals surface area contributed by atoms with Gasteiger partial charge in [-0.2, -0.15) is 0 Å². The largest absolute Gasteiger partial charge is 0.396 e. The van der Waals surface area contributed by atoms with E-state index in [0.29, 0.717) is 12.0 Å². The second kappa shape index (κ2) is 6.72. The Morgan fingerprint density at radius 3 is 2.86 bits per heavy atom. The fraction of sp³-hybridized carbons (Fsp3) is 0.438. The Morgan fingerprint density at radius 1 is 1.48 bits per heavy atom. The molecular weight excluding hydrogens is 271 g/mol. The van der Waals surface area contributed by atoms with Crippen LogP contribution in [0, 0.1) is 18.7 Å². The van der Waals surface area contributed by atoms with Gasteiger partial charge in [-0.05, 0) is 37.5 Å². The van der Waals surface area contributed by atoms with E-state index in [0.717, 1.165) is 5.56 Å². The Balaban J connectivity index is 1.87. The molecule has 2 rings (SSSR count). The summed E-state index contributed by atoms with van der Waals surface area (Å²) < 4.78 is 13.5. The molecule has 0 saturated carbocycles. The maximum atomic E-state index is 13.5. The van der Waals surface area contributed by atoms with Gasteiger partial charge in [-0.25, -0.2) is 9.18 Å². The van der Waals surface area contributed by atoms with Gasteiger partial charge in [-0.15, -0.1) is 0 Å². The molecule has 1 aliphatic rings. The Bertz CT molecular complexity index is 545. The molecule has 1 unspecified atom stereocenters. The summed E-state index contributed by atoms with van der Waals surface area (Å²) in [4.78, 5) is 11.9. The van der Waals surface area contributed by atoms with Crippen molar-refractivity contribution >= 4 is 6.03 Å². The number of carbonyl (C=O) groups excluding carboxylic acids is 1. The summed E-state index contributed by atoms with van der Waals surface area (Å²) >= 11 is 0. The zero-order valence-corrected chi connectivity index (χ0v) is 12.3. The molecule has 2 amide bonds. The van der Waals surface area contributed by atoms with E-state index in [-0.39, 0.29) is 36.5 Å². The SMILES string of the molecule is Cc1ccc(C(C)NC(=O)N[C@@H]2C=C[C@H](CO)C2)cc1F. The van der Waals surface area contributed by atoms with Gasteiger partial charge in [0.25, 0.3) is 0 Å². The minimum absolute atomic E-state index is 0.0656. The molecule has 3 atom stereocenters. The third-order valence-corrected chi connectivity index (χ3v) is 3.77. The number of hydrogen-bond acceptors (Lipinski definition) is 2. The van der Waals surface area contributed by atoms with Crippen LogP contribution in [0.15, 0.2) is 30.4 Å². The average Bonchev–Trinajstić information content (AvgIpc) is 2.89. The molecule has 1 aromatic rings. The van der Waals surface area contributed by atoms with Crippen LogP contribution in [0.5, 0.6) is 0 Å². The summed E-state index contributed by atoms with van der Waals surface area (Å²) in [5, 5.41) is 14.7. The van der Waals surface area contributed by atoms with Gasteiger partial charge in [0.15, 0.2) is 0 Å².